The van der Waals surface area contributed by atoms with Gasteiger partial charge in [0.05, 0.1) is 0 Å². The Kier molecular flexibility index (Phi) is 4.43. The molecule has 0 aromatic heterocycles. The van der Waals surface area contributed by atoms with Crippen LogP contribution in [-0.2, 0) is 6.54 Å². The van der Waals surface area contributed by atoms with E-state index < -0.39 is 0 Å². The van der Waals surface area contributed by atoms with Gasteiger partial charge in [-0.25, -0.2) is 0 Å². The second kappa shape index (κ2) is 5.85. The third-order valence-corrected chi connectivity index (χ3v) is 3.89. The Morgan fingerprint density at radius 2 is 2.12 bits per heavy atom. The van der Waals surface area contributed by atoms with Gasteiger partial charge in [0, 0.05) is 30.2 Å². The lowest BCUT2D eigenvalue weighted by atomic mass is 10.1. The number of rotatable bonds is 2. The van der Waals surface area contributed by atoms with Crippen LogP contribution in [0.1, 0.15) is 25.8 Å². The van der Waals surface area contributed by atoms with E-state index in [4.69, 9.17) is 11.6 Å². The molecule has 1 N–H and O–H groups in total. The lowest BCUT2D eigenvalue weighted by Crippen LogP contribution is -2.38. The van der Waals surface area contributed by atoms with Gasteiger partial charge in [0.15, 0.2) is 0 Å². The molecule has 0 bridgehead atoms. The summed E-state index contributed by atoms with van der Waals surface area (Å²) < 4.78 is 0. The lowest BCUT2D eigenvalue weighted by Gasteiger charge is -2.28. The lowest BCUT2D eigenvalue weighted by molar-refractivity contribution is 0.199. The number of hydrogen-bond donors (Lipinski definition) is 1. The molecule has 1 heterocycles. The van der Waals surface area contributed by atoms with Crippen molar-refractivity contribution in [3.05, 3.63) is 34.9 Å². The highest BCUT2D eigenvalue weighted by Crippen LogP contribution is 2.20. The van der Waals surface area contributed by atoms with Gasteiger partial charge in [-0.05, 0) is 38.4 Å². The molecule has 1 aromatic carbocycles. The molecule has 1 aliphatic heterocycles. The summed E-state index contributed by atoms with van der Waals surface area (Å²) in [5, 5.41) is 4.41. The summed E-state index contributed by atoms with van der Waals surface area (Å²) in [5.74, 6) is 0. The van der Waals surface area contributed by atoms with Crippen molar-refractivity contribution in [3.63, 3.8) is 0 Å². The van der Waals surface area contributed by atoms with Crippen LogP contribution in [0.25, 0.3) is 0 Å². The topological polar surface area (TPSA) is 15.3 Å². The second-order valence-electron chi connectivity index (χ2n) is 5.01. The predicted molar refractivity (Wildman–Crippen MR) is 73.4 cm³/mol. The fourth-order valence-corrected chi connectivity index (χ4v) is 2.58. The van der Waals surface area contributed by atoms with Gasteiger partial charge in [0.25, 0.3) is 0 Å². The van der Waals surface area contributed by atoms with Crippen molar-refractivity contribution in [3.8, 4) is 0 Å². The van der Waals surface area contributed by atoms with Crippen LogP contribution in [0.3, 0.4) is 0 Å². The summed E-state index contributed by atoms with van der Waals surface area (Å²) >= 11 is 6.23. The largest absolute Gasteiger partial charge is 0.313 e. The van der Waals surface area contributed by atoms with Gasteiger partial charge < -0.3 is 5.32 Å². The molecule has 17 heavy (non-hydrogen) atoms. The minimum absolute atomic E-state index is 0.558. The number of nitrogens with one attached hydrogen (secondary N) is 1. The summed E-state index contributed by atoms with van der Waals surface area (Å²) in [6.45, 7) is 7.70. The number of hydrogen-bond acceptors (Lipinski definition) is 2. The molecule has 0 amide bonds. The maximum absolute atomic E-state index is 6.23. The van der Waals surface area contributed by atoms with E-state index in [-0.39, 0.29) is 0 Å². The Labute approximate surface area is 109 Å². The van der Waals surface area contributed by atoms with Crippen molar-refractivity contribution in [1.29, 1.82) is 0 Å². The van der Waals surface area contributed by atoms with Crippen molar-refractivity contribution >= 4 is 11.6 Å². The molecule has 0 spiro atoms. The molecular weight excluding hydrogens is 232 g/mol. The molecule has 2 rings (SSSR count). The Bertz CT molecular complexity index is 367. The Balaban J connectivity index is 2.08. The first-order valence-corrected chi connectivity index (χ1v) is 6.75. The zero-order chi connectivity index (χ0) is 12.3. The first kappa shape index (κ1) is 12.9. The highest BCUT2D eigenvalue weighted by molar-refractivity contribution is 6.31. The number of benzene rings is 1. The van der Waals surface area contributed by atoms with E-state index in [2.05, 4.69) is 36.2 Å². The van der Waals surface area contributed by atoms with Gasteiger partial charge in [-0.2, -0.15) is 0 Å². The van der Waals surface area contributed by atoms with Crippen molar-refractivity contribution in [2.75, 3.05) is 13.1 Å². The third kappa shape index (κ3) is 3.44. The van der Waals surface area contributed by atoms with E-state index in [9.17, 15) is 0 Å². The van der Waals surface area contributed by atoms with E-state index in [1.54, 1.807) is 0 Å². The molecule has 0 saturated carbocycles. The molecule has 3 heteroatoms. The predicted octanol–water partition coefficient (Wildman–Crippen LogP) is 2.91. The van der Waals surface area contributed by atoms with Gasteiger partial charge in [-0.3, -0.25) is 4.90 Å². The van der Waals surface area contributed by atoms with Crippen LogP contribution in [0.2, 0.25) is 5.02 Å². The zero-order valence-electron chi connectivity index (χ0n) is 10.6. The summed E-state index contributed by atoms with van der Waals surface area (Å²) in [4.78, 5) is 2.52. The average Bonchev–Trinajstić information content (AvgIpc) is 2.45. The molecule has 2 atom stereocenters. The van der Waals surface area contributed by atoms with Crippen LogP contribution >= 0.6 is 11.6 Å². The molecule has 1 aromatic rings. The molecule has 1 aliphatic rings. The fourth-order valence-electron chi connectivity index (χ4n) is 2.38. The SMILES string of the molecule is CC1CN(Cc2ccccc2Cl)C(C)CCN1. The standard InChI is InChI=1S/C14H21ClN2/c1-11-9-17(12(2)7-8-16-11)10-13-5-3-4-6-14(13)15/h3-6,11-12,16H,7-10H2,1-2H3. The molecule has 0 aliphatic carbocycles. The van der Waals surface area contributed by atoms with Crippen LogP contribution in [0.5, 0.6) is 0 Å². The maximum atomic E-state index is 6.23. The monoisotopic (exact) mass is 252 g/mol. The highest BCUT2D eigenvalue weighted by atomic mass is 35.5. The smallest absolute Gasteiger partial charge is 0.0451 e. The van der Waals surface area contributed by atoms with Gasteiger partial charge >= 0.3 is 0 Å². The normalized spacial score (nSPS) is 26.8. The van der Waals surface area contributed by atoms with Crippen LogP contribution in [0, 0.1) is 0 Å². The summed E-state index contributed by atoms with van der Waals surface area (Å²) in [7, 11) is 0. The summed E-state index contributed by atoms with van der Waals surface area (Å²) in [6, 6.07) is 9.32. The van der Waals surface area contributed by atoms with Gasteiger partial charge in [-0.15, -0.1) is 0 Å². The van der Waals surface area contributed by atoms with E-state index in [1.807, 2.05) is 12.1 Å². The molecule has 2 unspecified atom stereocenters. The van der Waals surface area contributed by atoms with Crippen LogP contribution < -0.4 is 5.32 Å². The quantitative estimate of drug-likeness (QED) is 0.871. The third-order valence-electron chi connectivity index (χ3n) is 3.52. The van der Waals surface area contributed by atoms with Crippen LogP contribution in [-0.4, -0.2) is 30.1 Å². The van der Waals surface area contributed by atoms with Crippen molar-refractivity contribution < 1.29 is 0 Å². The maximum Gasteiger partial charge on any atom is 0.0451 e. The Hall–Kier alpha value is -0.570. The van der Waals surface area contributed by atoms with E-state index in [0.29, 0.717) is 12.1 Å². The second-order valence-corrected chi connectivity index (χ2v) is 5.42. The molecule has 0 radical (unpaired) electrons. The summed E-state index contributed by atoms with van der Waals surface area (Å²) in [5.41, 5.74) is 1.23. The van der Waals surface area contributed by atoms with Gasteiger partial charge in [-0.1, -0.05) is 29.8 Å². The molecule has 94 valence electrons. The fraction of sp³-hybridized carbons (Fsp3) is 0.571. The average molecular weight is 253 g/mol. The van der Waals surface area contributed by atoms with Crippen LogP contribution in [0.4, 0.5) is 0 Å². The minimum atomic E-state index is 0.558. The first-order valence-electron chi connectivity index (χ1n) is 6.37. The van der Waals surface area contributed by atoms with E-state index in [0.717, 1.165) is 24.7 Å². The van der Waals surface area contributed by atoms with Crippen LogP contribution in [0.15, 0.2) is 24.3 Å². The highest BCUT2D eigenvalue weighted by Gasteiger charge is 2.20. The molecule has 1 saturated heterocycles. The number of nitrogens with zero attached hydrogens (tertiary/aromatic N) is 1. The van der Waals surface area contributed by atoms with E-state index >= 15 is 0 Å². The molecule has 1 fully saturated rings. The van der Waals surface area contributed by atoms with Crippen molar-refractivity contribution in [1.82, 2.24) is 10.2 Å². The van der Waals surface area contributed by atoms with Gasteiger partial charge in [0.1, 0.15) is 0 Å². The first-order chi connectivity index (χ1) is 8.16. The Morgan fingerprint density at radius 3 is 2.88 bits per heavy atom. The van der Waals surface area contributed by atoms with Crippen molar-refractivity contribution in [2.45, 2.75) is 38.9 Å². The summed E-state index contributed by atoms with van der Waals surface area (Å²) in [6.07, 6.45) is 1.20. The van der Waals surface area contributed by atoms with Gasteiger partial charge in [0.2, 0.25) is 0 Å². The zero-order valence-corrected chi connectivity index (χ0v) is 11.4. The minimum Gasteiger partial charge on any atom is -0.313 e. The van der Waals surface area contributed by atoms with E-state index in [1.165, 1.54) is 12.0 Å². The number of halogens is 1. The van der Waals surface area contributed by atoms with Crippen molar-refractivity contribution in [2.24, 2.45) is 0 Å². The molecule has 2 nitrogen and oxygen atoms in total. The molecular formula is C14H21ClN2. The Morgan fingerprint density at radius 1 is 1.35 bits per heavy atom.